The molecule has 0 bridgehead atoms. The Labute approximate surface area is 197 Å². The largest absolute Gasteiger partial charge is 0.457 e. The van der Waals surface area contributed by atoms with Crippen LogP contribution in [0.15, 0.2) is 73.7 Å². The van der Waals surface area contributed by atoms with E-state index < -0.39 is 11.4 Å². The molecule has 34 heavy (non-hydrogen) atoms. The summed E-state index contributed by atoms with van der Waals surface area (Å²) in [6.07, 6.45) is 5.90. The van der Waals surface area contributed by atoms with E-state index in [9.17, 15) is 9.18 Å². The molecule has 7 nitrogen and oxygen atoms in total. The molecule has 0 aliphatic carbocycles. The summed E-state index contributed by atoms with van der Waals surface area (Å²) in [5.41, 5.74) is -0.00486. The van der Waals surface area contributed by atoms with Crippen LogP contribution in [-0.2, 0) is 4.79 Å². The molecule has 1 amide bonds. The average molecular weight is 460 g/mol. The highest BCUT2D eigenvalue weighted by Gasteiger charge is 2.38. The minimum absolute atomic E-state index is 0.0533. The van der Waals surface area contributed by atoms with Crippen LogP contribution in [0.1, 0.15) is 30.9 Å². The zero-order chi connectivity index (χ0) is 24.1. The van der Waals surface area contributed by atoms with Gasteiger partial charge in [0.05, 0.1) is 16.8 Å². The second-order valence-corrected chi connectivity index (χ2v) is 8.36. The Hall–Kier alpha value is -4.07. The summed E-state index contributed by atoms with van der Waals surface area (Å²) in [4.78, 5) is 22.4. The summed E-state index contributed by atoms with van der Waals surface area (Å²) < 4.78 is 20.6. The predicted molar refractivity (Wildman–Crippen MR) is 129 cm³/mol. The van der Waals surface area contributed by atoms with Crippen LogP contribution in [0.3, 0.4) is 0 Å². The Morgan fingerprint density at radius 3 is 2.79 bits per heavy atom. The molecule has 0 spiro atoms. The van der Waals surface area contributed by atoms with Crippen molar-refractivity contribution < 1.29 is 13.9 Å². The molecule has 1 aliphatic heterocycles. The van der Waals surface area contributed by atoms with Crippen molar-refractivity contribution in [1.29, 1.82) is 5.41 Å². The van der Waals surface area contributed by atoms with Gasteiger partial charge in [0.1, 0.15) is 29.5 Å². The SMILES string of the molecule is C=CC(=O)N1CCCC1(C)CNc1ncncc1C(=N)c1ccc(Oc2ccccc2)cc1F. The highest BCUT2D eigenvalue weighted by molar-refractivity contribution is 6.13. The second-order valence-electron chi connectivity index (χ2n) is 8.36. The Morgan fingerprint density at radius 1 is 1.26 bits per heavy atom. The standard InChI is InChI=1S/C26H26FN5O2/c1-3-23(33)32-13-7-12-26(32,2)16-30-25-21(15-29-17-31-25)24(28)20-11-10-19(14-22(20)27)34-18-8-5-4-6-9-18/h3-6,8-11,14-15,17,28H,1,7,12-13,16H2,2H3,(H,29,30,31). The average Bonchev–Trinajstić information content (AvgIpc) is 3.24. The number of benzene rings is 2. The van der Waals surface area contributed by atoms with Gasteiger partial charge >= 0.3 is 0 Å². The van der Waals surface area contributed by atoms with Crippen LogP contribution in [-0.4, -0.2) is 45.1 Å². The topological polar surface area (TPSA) is 91.2 Å². The fourth-order valence-corrected chi connectivity index (χ4v) is 4.15. The highest BCUT2D eigenvalue weighted by atomic mass is 19.1. The first kappa shape index (κ1) is 23.1. The number of amides is 1. The number of carbonyl (C=O) groups excluding carboxylic acids is 1. The number of likely N-dealkylation sites (tertiary alicyclic amines) is 1. The molecule has 2 aromatic carbocycles. The van der Waals surface area contributed by atoms with Gasteiger partial charge in [-0.2, -0.15) is 0 Å². The molecule has 174 valence electrons. The number of hydrogen-bond acceptors (Lipinski definition) is 6. The number of anilines is 1. The number of rotatable bonds is 8. The van der Waals surface area contributed by atoms with Crippen molar-refractivity contribution in [3.8, 4) is 11.5 Å². The van der Waals surface area contributed by atoms with Gasteiger partial charge in [0, 0.05) is 30.9 Å². The highest BCUT2D eigenvalue weighted by Crippen LogP contribution is 2.30. The number of aromatic nitrogens is 2. The summed E-state index contributed by atoms with van der Waals surface area (Å²) in [5, 5.41) is 11.9. The van der Waals surface area contributed by atoms with E-state index in [1.54, 1.807) is 23.1 Å². The van der Waals surface area contributed by atoms with E-state index in [4.69, 9.17) is 10.1 Å². The summed E-state index contributed by atoms with van der Waals surface area (Å²) in [6.45, 7) is 6.69. The lowest BCUT2D eigenvalue weighted by atomic mass is 9.98. The monoisotopic (exact) mass is 459 g/mol. The van der Waals surface area contributed by atoms with Gasteiger partial charge in [0.15, 0.2) is 0 Å². The molecule has 8 heteroatoms. The lowest BCUT2D eigenvalue weighted by Gasteiger charge is -2.35. The van der Waals surface area contributed by atoms with Crippen molar-refractivity contribution in [3.05, 3.63) is 90.7 Å². The van der Waals surface area contributed by atoms with E-state index in [2.05, 4.69) is 21.9 Å². The molecule has 1 saturated heterocycles. The minimum atomic E-state index is -0.584. The van der Waals surface area contributed by atoms with Gasteiger partial charge in [0.25, 0.3) is 0 Å². The van der Waals surface area contributed by atoms with Crippen LogP contribution >= 0.6 is 0 Å². The van der Waals surface area contributed by atoms with Gasteiger partial charge in [-0.3, -0.25) is 10.2 Å². The van der Waals surface area contributed by atoms with Crippen molar-refractivity contribution in [2.75, 3.05) is 18.4 Å². The normalized spacial score (nSPS) is 17.3. The van der Waals surface area contributed by atoms with Crippen LogP contribution in [0.5, 0.6) is 11.5 Å². The Bertz CT molecular complexity index is 1220. The van der Waals surface area contributed by atoms with Gasteiger partial charge < -0.3 is 15.0 Å². The molecular formula is C26H26FN5O2. The van der Waals surface area contributed by atoms with E-state index in [1.165, 1.54) is 30.7 Å². The number of carbonyl (C=O) groups is 1. The molecule has 1 aromatic heterocycles. The Kier molecular flexibility index (Phi) is 6.67. The molecule has 2 heterocycles. The van der Waals surface area contributed by atoms with Crippen LogP contribution in [0.4, 0.5) is 10.2 Å². The summed E-state index contributed by atoms with van der Waals surface area (Å²) in [6, 6.07) is 13.5. The van der Waals surface area contributed by atoms with Gasteiger partial charge in [0.2, 0.25) is 5.91 Å². The van der Waals surface area contributed by atoms with E-state index >= 15 is 0 Å². The maximum Gasteiger partial charge on any atom is 0.246 e. The fourth-order valence-electron chi connectivity index (χ4n) is 4.15. The van der Waals surface area contributed by atoms with Crippen LogP contribution in [0, 0.1) is 11.2 Å². The van der Waals surface area contributed by atoms with Crippen molar-refractivity contribution >= 4 is 17.4 Å². The molecule has 3 aromatic rings. The van der Waals surface area contributed by atoms with Crippen LogP contribution in [0.2, 0.25) is 0 Å². The maximum atomic E-state index is 15.0. The molecule has 1 aliphatic rings. The van der Waals surface area contributed by atoms with Crippen molar-refractivity contribution in [2.45, 2.75) is 25.3 Å². The van der Waals surface area contributed by atoms with Gasteiger partial charge in [-0.1, -0.05) is 24.8 Å². The first-order valence-corrected chi connectivity index (χ1v) is 11.0. The first-order valence-electron chi connectivity index (χ1n) is 11.0. The van der Waals surface area contributed by atoms with Crippen LogP contribution in [0.25, 0.3) is 0 Å². The number of halogens is 1. The lowest BCUT2D eigenvalue weighted by molar-refractivity contribution is -0.129. The van der Waals surface area contributed by atoms with Crippen molar-refractivity contribution in [2.24, 2.45) is 0 Å². The number of ether oxygens (including phenoxy) is 1. The van der Waals surface area contributed by atoms with E-state index in [-0.39, 0.29) is 17.2 Å². The Balaban J connectivity index is 1.52. The number of nitrogens with zero attached hydrogens (tertiary/aromatic N) is 3. The fraction of sp³-hybridized carbons (Fsp3) is 0.231. The van der Waals surface area contributed by atoms with Crippen LogP contribution < -0.4 is 10.1 Å². The van der Waals surface area contributed by atoms with E-state index in [1.807, 2.05) is 25.1 Å². The van der Waals surface area contributed by atoms with Gasteiger partial charge in [-0.25, -0.2) is 14.4 Å². The molecule has 0 radical (unpaired) electrons. The predicted octanol–water partition coefficient (Wildman–Crippen LogP) is 4.80. The third-order valence-corrected chi connectivity index (χ3v) is 6.00. The van der Waals surface area contributed by atoms with E-state index in [0.29, 0.717) is 36.0 Å². The number of hydrogen-bond donors (Lipinski definition) is 2. The molecule has 1 unspecified atom stereocenters. The minimum Gasteiger partial charge on any atom is -0.457 e. The zero-order valence-electron chi connectivity index (χ0n) is 18.9. The van der Waals surface area contributed by atoms with Gasteiger partial charge in [-0.05, 0) is 50.1 Å². The molecule has 2 N–H and O–H groups in total. The Morgan fingerprint density at radius 2 is 2.06 bits per heavy atom. The lowest BCUT2D eigenvalue weighted by Crippen LogP contribution is -2.49. The van der Waals surface area contributed by atoms with Crippen molar-refractivity contribution in [3.63, 3.8) is 0 Å². The zero-order valence-corrected chi connectivity index (χ0v) is 18.9. The molecule has 1 fully saturated rings. The summed E-state index contributed by atoms with van der Waals surface area (Å²) in [5.74, 6) is 0.639. The quantitative estimate of drug-likeness (QED) is 0.373. The number of nitrogens with one attached hydrogen (secondary N) is 2. The molecular weight excluding hydrogens is 433 g/mol. The summed E-state index contributed by atoms with van der Waals surface area (Å²) in [7, 11) is 0. The summed E-state index contributed by atoms with van der Waals surface area (Å²) >= 11 is 0. The van der Waals surface area contributed by atoms with Gasteiger partial charge in [-0.15, -0.1) is 0 Å². The first-order chi connectivity index (χ1) is 16.4. The number of para-hydroxylation sites is 1. The third-order valence-electron chi connectivity index (χ3n) is 6.00. The maximum absolute atomic E-state index is 15.0. The van der Waals surface area contributed by atoms with E-state index in [0.717, 1.165) is 12.8 Å². The second kappa shape index (κ2) is 9.82. The van der Waals surface area contributed by atoms with Crippen molar-refractivity contribution in [1.82, 2.24) is 14.9 Å². The molecule has 1 atom stereocenters. The molecule has 0 saturated carbocycles. The molecule has 4 rings (SSSR count). The smallest absolute Gasteiger partial charge is 0.246 e. The third kappa shape index (κ3) is 4.80.